The molecule has 1 aromatic heterocycles. The molecule has 0 aliphatic rings. The topological polar surface area (TPSA) is 42.7 Å². The van der Waals surface area contributed by atoms with E-state index in [1.807, 2.05) is 22.9 Å². The number of anilines is 1. The second-order valence-electron chi connectivity index (χ2n) is 4.17. The number of para-hydroxylation sites is 1. The van der Waals surface area contributed by atoms with E-state index in [-0.39, 0.29) is 0 Å². The van der Waals surface area contributed by atoms with Gasteiger partial charge in [-0.1, -0.05) is 32.0 Å². The van der Waals surface area contributed by atoms with Crippen molar-refractivity contribution in [3.05, 3.63) is 42.0 Å². The molecule has 0 fully saturated rings. The van der Waals surface area contributed by atoms with Crippen LogP contribution in [0, 0.1) is 0 Å². The number of hydrogen-bond donors (Lipinski definition) is 1. The van der Waals surface area contributed by atoms with Crippen LogP contribution in [-0.4, -0.2) is 21.3 Å². The molecular formula is C14H20N4. The van der Waals surface area contributed by atoms with E-state index in [4.69, 9.17) is 0 Å². The summed E-state index contributed by atoms with van der Waals surface area (Å²) >= 11 is 0. The Morgan fingerprint density at radius 1 is 1.11 bits per heavy atom. The van der Waals surface area contributed by atoms with Crippen LogP contribution >= 0.6 is 0 Å². The molecular weight excluding hydrogens is 224 g/mol. The third kappa shape index (κ3) is 3.09. The quantitative estimate of drug-likeness (QED) is 0.849. The van der Waals surface area contributed by atoms with Crippen molar-refractivity contribution in [3.63, 3.8) is 0 Å². The highest BCUT2D eigenvalue weighted by molar-refractivity contribution is 5.42. The highest BCUT2D eigenvalue weighted by Crippen LogP contribution is 2.05. The summed E-state index contributed by atoms with van der Waals surface area (Å²) < 4.78 is 2.01. The first-order valence-corrected chi connectivity index (χ1v) is 6.55. The van der Waals surface area contributed by atoms with Gasteiger partial charge in [-0.15, -0.1) is 0 Å². The molecule has 0 atom stereocenters. The van der Waals surface area contributed by atoms with Crippen molar-refractivity contribution in [2.75, 3.05) is 11.9 Å². The van der Waals surface area contributed by atoms with Gasteiger partial charge in [0.1, 0.15) is 5.82 Å². The number of hydrogen-bond acceptors (Lipinski definition) is 3. The normalized spacial score (nSPS) is 10.6. The van der Waals surface area contributed by atoms with Gasteiger partial charge in [-0.3, -0.25) is 0 Å². The lowest BCUT2D eigenvalue weighted by Gasteiger charge is -2.07. The number of aryl methyl sites for hydroxylation is 2. The van der Waals surface area contributed by atoms with E-state index in [0.29, 0.717) is 0 Å². The van der Waals surface area contributed by atoms with Crippen LogP contribution in [0.15, 0.2) is 30.3 Å². The van der Waals surface area contributed by atoms with Crippen LogP contribution < -0.4 is 5.32 Å². The summed E-state index contributed by atoms with van der Waals surface area (Å²) in [5, 5.41) is 7.88. The van der Waals surface area contributed by atoms with Gasteiger partial charge in [-0.05, 0) is 12.1 Å². The number of benzene rings is 1. The smallest absolute Gasteiger partial charge is 0.150 e. The molecule has 1 heterocycles. The van der Waals surface area contributed by atoms with Gasteiger partial charge in [0.05, 0.1) is 6.54 Å². The Balaban J connectivity index is 1.92. The average Bonchev–Trinajstić information content (AvgIpc) is 2.82. The van der Waals surface area contributed by atoms with Gasteiger partial charge >= 0.3 is 0 Å². The Bertz CT molecular complexity index is 476. The molecule has 0 bridgehead atoms. The van der Waals surface area contributed by atoms with Crippen LogP contribution in [0.2, 0.25) is 0 Å². The first kappa shape index (κ1) is 12.6. The van der Waals surface area contributed by atoms with Crippen molar-refractivity contribution in [1.29, 1.82) is 0 Å². The summed E-state index contributed by atoms with van der Waals surface area (Å²) in [5.41, 5.74) is 1.14. The van der Waals surface area contributed by atoms with Crippen LogP contribution in [0.5, 0.6) is 0 Å². The zero-order chi connectivity index (χ0) is 12.8. The molecule has 0 amide bonds. The van der Waals surface area contributed by atoms with Gasteiger partial charge in [-0.2, -0.15) is 5.10 Å². The minimum Gasteiger partial charge on any atom is -0.383 e. The molecule has 0 saturated carbocycles. The zero-order valence-electron chi connectivity index (χ0n) is 11.1. The van der Waals surface area contributed by atoms with Crippen LogP contribution in [0.3, 0.4) is 0 Å². The fraction of sp³-hybridized carbons (Fsp3) is 0.429. The lowest BCUT2D eigenvalue weighted by molar-refractivity contribution is 0.597. The Labute approximate surface area is 108 Å². The van der Waals surface area contributed by atoms with Gasteiger partial charge in [-0.25, -0.2) is 9.67 Å². The Morgan fingerprint density at radius 2 is 1.89 bits per heavy atom. The largest absolute Gasteiger partial charge is 0.383 e. The maximum Gasteiger partial charge on any atom is 0.150 e. The zero-order valence-corrected chi connectivity index (χ0v) is 11.1. The summed E-state index contributed by atoms with van der Waals surface area (Å²) in [7, 11) is 0. The summed E-state index contributed by atoms with van der Waals surface area (Å²) in [4.78, 5) is 4.50. The monoisotopic (exact) mass is 244 g/mol. The second-order valence-corrected chi connectivity index (χ2v) is 4.17. The molecule has 18 heavy (non-hydrogen) atoms. The van der Waals surface area contributed by atoms with Crippen LogP contribution in [0.1, 0.15) is 25.5 Å². The summed E-state index contributed by atoms with van der Waals surface area (Å²) in [6, 6.07) is 10.2. The van der Waals surface area contributed by atoms with Crippen molar-refractivity contribution < 1.29 is 0 Å². The fourth-order valence-electron chi connectivity index (χ4n) is 1.88. The van der Waals surface area contributed by atoms with Gasteiger partial charge in [0.15, 0.2) is 5.82 Å². The van der Waals surface area contributed by atoms with Crippen molar-refractivity contribution >= 4 is 5.69 Å². The lowest BCUT2D eigenvalue weighted by Crippen LogP contribution is -2.14. The van der Waals surface area contributed by atoms with Gasteiger partial charge in [0.25, 0.3) is 0 Å². The third-order valence-electron chi connectivity index (χ3n) is 2.85. The molecule has 0 saturated heterocycles. The van der Waals surface area contributed by atoms with E-state index in [0.717, 1.165) is 43.3 Å². The second kappa shape index (κ2) is 6.19. The molecule has 0 unspecified atom stereocenters. The van der Waals surface area contributed by atoms with Crippen molar-refractivity contribution in [2.24, 2.45) is 0 Å². The fourth-order valence-corrected chi connectivity index (χ4v) is 1.88. The minimum atomic E-state index is 0.852. The maximum atomic E-state index is 4.50. The van der Waals surface area contributed by atoms with E-state index in [1.54, 1.807) is 0 Å². The van der Waals surface area contributed by atoms with Crippen LogP contribution in [0.4, 0.5) is 5.69 Å². The molecule has 0 radical (unpaired) electrons. The van der Waals surface area contributed by atoms with Gasteiger partial charge in [0.2, 0.25) is 0 Å². The first-order valence-electron chi connectivity index (χ1n) is 6.55. The van der Waals surface area contributed by atoms with E-state index in [1.165, 1.54) is 0 Å². The predicted octanol–water partition coefficient (Wildman–Crippen LogP) is 2.52. The Kier molecular flexibility index (Phi) is 4.34. The SMILES string of the molecule is CCc1nc(CC)n(CCNc2ccccc2)n1. The van der Waals surface area contributed by atoms with E-state index in [9.17, 15) is 0 Å². The molecule has 1 N–H and O–H groups in total. The molecule has 0 aliphatic carbocycles. The molecule has 4 heteroatoms. The third-order valence-corrected chi connectivity index (χ3v) is 2.85. The van der Waals surface area contributed by atoms with E-state index >= 15 is 0 Å². The van der Waals surface area contributed by atoms with E-state index < -0.39 is 0 Å². The first-order chi connectivity index (χ1) is 8.83. The van der Waals surface area contributed by atoms with Gasteiger partial charge in [0, 0.05) is 25.1 Å². The molecule has 1 aromatic carbocycles. The molecule has 0 aliphatic heterocycles. The maximum absolute atomic E-state index is 4.50. The van der Waals surface area contributed by atoms with Crippen molar-refractivity contribution in [3.8, 4) is 0 Å². The molecule has 0 spiro atoms. The van der Waals surface area contributed by atoms with Crippen LogP contribution in [-0.2, 0) is 19.4 Å². The molecule has 2 aromatic rings. The molecule has 2 rings (SSSR count). The summed E-state index contributed by atoms with van der Waals surface area (Å²) in [6.07, 6.45) is 1.82. The predicted molar refractivity (Wildman–Crippen MR) is 73.7 cm³/mol. The summed E-state index contributed by atoms with van der Waals surface area (Å²) in [5.74, 6) is 2.01. The lowest BCUT2D eigenvalue weighted by atomic mass is 10.3. The van der Waals surface area contributed by atoms with Crippen LogP contribution in [0.25, 0.3) is 0 Å². The van der Waals surface area contributed by atoms with Crippen molar-refractivity contribution in [1.82, 2.24) is 14.8 Å². The molecule has 96 valence electrons. The summed E-state index contributed by atoms with van der Waals surface area (Å²) in [6.45, 7) is 5.92. The van der Waals surface area contributed by atoms with Gasteiger partial charge < -0.3 is 5.32 Å². The molecule has 4 nitrogen and oxygen atoms in total. The standard InChI is InChI=1S/C14H20N4/c1-3-13-16-14(4-2)18(17-13)11-10-15-12-8-6-5-7-9-12/h5-9,15H,3-4,10-11H2,1-2H3. The number of nitrogens with zero attached hydrogens (tertiary/aromatic N) is 3. The highest BCUT2D eigenvalue weighted by atomic mass is 15.3. The van der Waals surface area contributed by atoms with E-state index in [2.05, 4.69) is 41.4 Å². The Morgan fingerprint density at radius 3 is 2.56 bits per heavy atom. The number of rotatable bonds is 6. The highest BCUT2D eigenvalue weighted by Gasteiger charge is 2.06. The Hall–Kier alpha value is -1.84. The average molecular weight is 244 g/mol. The number of nitrogens with one attached hydrogen (secondary N) is 1. The minimum absolute atomic E-state index is 0.852. The van der Waals surface area contributed by atoms with Crippen molar-refractivity contribution in [2.45, 2.75) is 33.2 Å². The number of aromatic nitrogens is 3.